The van der Waals surface area contributed by atoms with Crippen LogP contribution < -0.4 is 0 Å². The Kier molecular flexibility index (Phi) is 9.33. The van der Waals surface area contributed by atoms with Gasteiger partial charge in [-0.15, -0.1) is 0 Å². The Hall–Kier alpha value is -1.01. The van der Waals surface area contributed by atoms with Crippen molar-refractivity contribution in [2.45, 2.75) is 39.0 Å². The van der Waals surface area contributed by atoms with E-state index in [-0.39, 0.29) is 5.91 Å². The van der Waals surface area contributed by atoms with Gasteiger partial charge in [0, 0.05) is 46.2 Å². The number of rotatable bonds is 0. The smallest absolute Gasteiger partial charge is 0.316 e. The summed E-state index contributed by atoms with van der Waals surface area (Å²) in [7, 11) is 0. The van der Waals surface area contributed by atoms with Crippen molar-refractivity contribution in [2.24, 2.45) is 0 Å². The zero-order valence-electron chi connectivity index (χ0n) is 13.6. The van der Waals surface area contributed by atoms with E-state index in [0.29, 0.717) is 39.1 Å². The summed E-state index contributed by atoms with van der Waals surface area (Å²) in [6.45, 7) is 4.64. The molecule has 8 heteroatoms. The molecule has 3 amide bonds. The Labute approximate surface area is 147 Å². The zero-order valence-corrected chi connectivity index (χ0v) is 15.1. The molecule has 0 aromatic rings. The topological polar surface area (TPSA) is 60.9 Å². The first-order valence-corrected chi connectivity index (χ1v) is 8.81. The highest BCUT2D eigenvalue weighted by molar-refractivity contribution is 6.63. The number of hydrogen-bond donors (Lipinski definition) is 0. The zero-order chi connectivity index (χ0) is 17.2. The Morgan fingerprint density at radius 1 is 0.609 bits per heavy atom. The highest BCUT2D eigenvalue weighted by Gasteiger charge is 2.17. The molecule has 1 aliphatic heterocycles. The fourth-order valence-electron chi connectivity index (χ4n) is 2.65. The summed E-state index contributed by atoms with van der Waals surface area (Å²) < 4.78 is 0. The lowest BCUT2D eigenvalue weighted by atomic mass is 10.1. The summed E-state index contributed by atoms with van der Waals surface area (Å²) >= 11 is 11.2. The largest absolute Gasteiger partial charge is 0.343 e. The van der Waals surface area contributed by atoms with Gasteiger partial charge in [-0.2, -0.15) is 0 Å². The SMILES string of the molecule is CC(=O)N1CCCCCCN(C(=O)Cl)CCN(C(=O)Cl)CCC1. The van der Waals surface area contributed by atoms with Crippen molar-refractivity contribution >= 4 is 39.8 Å². The van der Waals surface area contributed by atoms with Gasteiger partial charge in [-0.1, -0.05) is 12.8 Å². The van der Waals surface area contributed by atoms with Crippen LogP contribution in [0, 0.1) is 0 Å². The quantitative estimate of drug-likeness (QED) is 0.489. The average molecular weight is 366 g/mol. The van der Waals surface area contributed by atoms with E-state index in [9.17, 15) is 14.4 Å². The van der Waals surface area contributed by atoms with Gasteiger partial charge in [-0.05, 0) is 42.5 Å². The molecule has 1 aliphatic rings. The summed E-state index contributed by atoms with van der Waals surface area (Å²) in [6.07, 6.45) is 4.44. The maximum Gasteiger partial charge on any atom is 0.316 e. The van der Waals surface area contributed by atoms with Crippen molar-refractivity contribution in [3.05, 3.63) is 0 Å². The van der Waals surface area contributed by atoms with Gasteiger partial charge in [0.25, 0.3) is 0 Å². The molecule has 0 atom stereocenters. The Morgan fingerprint density at radius 3 is 1.43 bits per heavy atom. The van der Waals surface area contributed by atoms with Crippen molar-refractivity contribution in [1.29, 1.82) is 0 Å². The third kappa shape index (κ3) is 7.88. The first-order chi connectivity index (χ1) is 10.9. The first kappa shape index (κ1) is 20.0. The molecular formula is C15H25Cl2N3O3. The lowest BCUT2D eigenvalue weighted by Gasteiger charge is -2.27. The normalized spacial score (nSPS) is 19.2. The molecule has 1 fully saturated rings. The van der Waals surface area contributed by atoms with Gasteiger partial charge in [0.05, 0.1) is 0 Å². The minimum Gasteiger partial charge on any atom is -0.343 e. The maximum atomic E-state index is 11.6. The Bertz CT molecular complexity index is 421. The van der Waals surface area contributed by atoms with E-state index in [1.807, 2.05) is 4.90 Å². The summed E-state index contributed by atoms with van der Waals surface area (Å²) in [5, 5.41) is -1.05. The molecule has 23 heavy (non-hydrogen) atoms. The number of amides is 3. The van der Waals surface area contributed by atoms with Gasteiger partial charge in [0.2, 0.25) is 5.91 Å². The monoisotopic (exact) mass is 365 g/mol. The second-order valence-electron chi connectivity index (χ2n) is 5.75. The lowest BCUT2D eigenvalue weighted by molar-refractivity contribution is -0.129. The molecule has 1 heterocycles. The van der Waals surface area contributed by atoms with Crippen LogP contribution in [0.3, 0.4) is 0 Å². The highest BCUT2D eigenvalue weighted by atomic mass is 35.5. The minimum atomic E-state index is -0.548. The van der Waals surface area contributed by atoms with Crippen LogP contribution in [-0.2, 0) is 4.79 Å². The Morgan fingerprint density at radius 2 is 1.00 bits per heavy atom. The molecule has 132 valence electrons. The predicted molar refractivity (Wildman–Crippen MR) is 91.0 cm³/mol. The Balaban J connectivity index is 2.67. The van der Waals surface area contributed by atoms with Gasteiger partial charge in [-0.25, -0.2) is 0 Å². The number of carbonyl (C=O) groups is 3. The summed E-state index contributed by atoms with van der Waals surface area (Å²) in [5.74, 6) is 0.0553. The van der Waals surface area contributed by atoms with Crippen molar-refractivity contribution in [1.82, 2.24) is 14.7 Å². The lowest BCUT2D eigenvalue weighted by Crippen LogP contribution is -2.40. The fourth-order valence-corrected chi connectivity index (χ4v) is 2.99. The van der Waals surface area contributed by atoms with Crippen LogP contribution in [0.25, 0.3) is 0 Å². The standard InChI is InChI=1S/C15H25Cl2N3O3/c1-13(21)18-7-4-2-3-5-8-19(14(16)22)11-12-20(15(17)23)10-6-9-18/h2-12H2,1H3. The van der Waals surface area contributed by atoms with Gasteiger partial charge in [-0.3, -0.25) is 14.4 Å². The molecule has 0 radical (unpaired) electrons. The molecule has 0 aromatic carbocycles. The molecule has 0 aromatic heterocycles. The first-order valence-electron chi connectivity index (χ1n) is 8.06. The van der Waals surface area contributed by atoms with Crippen LogP contribution >= 0.6 is 23.2 Å². The molecule has 0 unspecified atom stereocenters. The van der Waals surface area contributed by atoms with Crippen LogP contribution in [-0.4, -0.2) is 70.6 Å². The van der Waals surface area contributed by atoms with Crippen LogP contribution in [0.1, 0.15) is 39.0 Å². The molecule has 0 saturated carbocycles. The molecule has 0 bridgehead atoms. The van der Waals surface area contributed by atoms with Crippen LogP contribution in [0.4, 0.5) is 9.59 Å². The van der Waals surface area contributed by atoms with Gasteiger partial charge in [0.1, 0.15) is 0 Å². The average Bonchev–Trinajstić information content (AvgIpc) is 2.47. The summed E-state index contributed by atoms with van der Waals surface area (Å²) in [6, 6.07) is 0. The van der Waals surface area contributed by atoms with Crippen LogP contribution in [0.2, 0.25) is 0 Å². The van der Waals surface area contributed by atoms with Crippen molar-refractivity contribution in [3.8, 4) is 0 Å². The molecular weight excluding hydrogens is 341 g/mol. The number of halogens is 2. The minimum absolute atomic E-state index is 0.0553. The van der Waals surface area contributed by atoms with Gasteiger partial charge >= 0.3 is 10.7 Å². The molecule has 0 N–H and O–H groups in total. The van der Waals surface area contributed by atoms with E-state index in [1.54, 1.807) is 11.8 Å². The van der Waals surface area contributed by atoms with Crippen molar-refractivity contribution in [3.63, 3.8) is 0 Å². The van der Waals surface area contributed by atoms with E-state index in [2.05, 4.69) is 0 Å². The van der Waals surface area contributed by atoms with Crippen molar-refractivity contribution < 1.29 is 14.4 Å². The van der Waals surface area contributed by atoms with E-state index in [0.717, 1.165) is 32.2 Å². The molecule has 1 saturated heterocycles. The molecule has 1 rings (SSSR count). The second-order valence-corrected chi connectivity index (χ2v) is 6.40. The predicted octanol–water partition coefficient (Wildman–Crippen LogP) is 3.12. The number of hydrogen-bond acceptors (Lipinski definition) is 3. The van der Waals surface area contributed by atoms with E-state index >= 15 is 0 Å². The van der Waals surface area contributed by atoms with Crippen LogP contribution in [0.15, 0.2) is 0 Å². The highest BCUT2D eigenvalue weighted by Crippen LogP contribution is 2.09. The number of nitrogens with zero attached hydrogens (tertiary/aromatic N) is 3. The summed E-state index contributed by atoms with van der Waals surface area (Å²) in [5.41, 5.74) is 0. The fraction of sp³-hybridized carbons (Fsp3) is 0.800. The van der Waals surface area contributed by atoms with Crippen LogP contribution in [0.5, 0.6) is 0 Å². The summed E-state index contributed by atoms with van der Waals surface area (Å²) in [4.78, 5) is 39.4. The van der Waals surface area contributed by atoms with Crippen molar-refractivity contribution in [2.75, 3.05) is 39.3 Å². The second kappa shape index (κ2) is 10.7. The maximum absolute atomic E-state index is 11.6. The van der Waals surface area contributed by atoms with Gasteiger partial charge < -0.3 is 14.7 Å². The number of carbonyl (C=O) groups excluding carboxylic acids is 3. The molecule has 0 spiro atoms. The van der Waals surface area contributed by atoms with E-state index in [1.165, 1.54) is 4.90 Å². The molecule has 6 nitrogen and oxygen atoms in total. The molecule has 0 aliphatic carbocycles. The van der Waals surface area contributed by atoms with E-state index in [4.69, 9.17) is 23.2 Å². The van der Waals surface area contributed by atoms with Gasteiger partial charge in [0.15, 0.2) is 0 Å². The van der Waals surface area contributed by atoms with E-state index < -0.39 is 10.7 Å². The third-order valence-corrected chi connectivity index (χ3v) is 4.52. The third-order valence-electron chi connectivity index (χ3n) is 4.04.